The lowest BCUT2D eigenvalue weighted by atomic mass is 9.71. The van der Waals surface area contributed by atoms with E-state index in [1.807, 2.05) is 133 Å². The number of carbonyl (C=O) groups excluding carboxylic acids is 2. The van der Waals surface area contributed by atoms with Crippen molar-refractivity contribution in [1.29, 1.82) is 0 Å². The van der Waals surface area contributed by atoms with Crippen LogP contribution in [0.25, 0.3) is 11.4 Å². The fourth-order valence-corrected chi connectivity index (χ4v) is 7.03. The molecule has 0 spiro atoms. The molecule has 0 saturated heterocycles. The highest BCUT2D eigenvalue weighted by Crippen LogP contribution is 2.43. The van der Waals surface area contributed by atoms with Crippen LogP contribution in [0.3, 0.4) is 0 Å². The quantitative estimate of drug-likeness (QED) is 0.166. The summed E-state index contributed by atoms with van der Waals surface area (Å²) < 4.78 is 6.21. The van der Waals surface area contributed by atoms with Gasteiger partial charge in [0.1, 0.15) is 22.9 Å². The van der Waals surface area contributed by atoms with Gasteiger partial charge in [0, 0.05) is 44.6 Å². The van der Waals surface area contributed by atoms with Gasteiger partial charge in [-0.05, 0) is 94.5 Å². The number of hydrogen-bond donors (Lipinski definition) is 0. The number of ketones is 2. The molecular formula is C54H58N4O3. The van der Waals surface area contributed by atoms with Crippen molar-refractivity contribution in [2.75, 3.05) is 0 Å². The number of benzene rings is 4. The van der Waals surface area contributed by atoms with Crippen molar-refractivity contribution in [2.24, 2.45) is 42.1 Å². The maximum atomic E-state index is 13.7. The third-order valence-electron chi connectivity index (χ3n) is 10.5. The van der Waals surface area contributed by atoms with E-state index in [0.717, 1.165) is 44.6 Å². The van der Waals surface area contributed by atoms with Crippen LogP contribution in [0.1, 0.15) is 94.2 Å². The Kier molecular flexibility index (Phi) is 12.6. The van der Waals surface area contributed by atoms with Crippen LogP contribution in [0.4, 0.5) is 11.4 Å². The summed E-state index contributed by atoms with van der Waals surface area (Å²) in [7, 11) is 0. The van der Waals surface area contributed by atoms with Crippen LogP contribution in [0.5, 0.6) is 11.5 Å². The molecular weight excluding hydrogens is 753 g/mol. The number of Topliss-reactive ketones (excluding diaryl/α,β-unsaturated/α-hetero) is 2. The molecule has 4 aromatic rings. The molecule has 2 aliphatic carbocycles. The van der Waals surface area contributed by atoms with Crippen molar-refractivity contribution >= 4 is 34.3 Å². The van der Waals surface area contributed by atoms with Gasteiger partial charge in [-0.25, -0.2) is 0 Å². The SMILES string of the molecule is CC(C)(C)C1=CC(=C(N=Nc2ccc(Oc3ccc(N=NC(=C4C=C(C(C)(C)C)C(=O)C(C(C)(C)C)=C4)c4ccccc4)cc3)cc2)c2ccccc2)C=C(C(C)(C)C)C1=O. The molecule has 0 bridgehead atoms. The fraction of sp³-hybridized carbons (Fsp3) is 0.296. The Hall–Kier alpha value is -6.34. The van der Waals surface area contributed by atoms with Gasteiger partial charge in [0.2, 0.25) is 0 Å². The van der Waals surface area contributed by atoms with Crippen molar-refractivity contribution in [2.45, 2.75) is 83.1 Å². The van der Waals surface area contributed by atoms with Crippen molar-refractivity contribution in [3.05, 3.63) is 178 Å². The summed E-state index contributed by atoms with van der Waals surface area (Å²) in [6, 6.07) is 34.8. The van der Waals surface area contributed by atoms with Crippen LogP contribution in [0.2, 0.25) is 0 Å². The molecule has 4 aromatic carbocycles. The lowest BCUT2D eigenvalue weighted by Crippen LogP contribution is -2.28. The molecule has 0 unspecified atom stereocenters. The van der Waals surface area contributed by atoms with Crippen LogP contribution in [-0.4, -0.2) is 11.6 Å². The predicted molar refractivity (Wildman–Crippen MR) is 249 cm³/mol. The number of ether oxygens (including phenoxy) is 1. The topological polar surface area (TPSA) is 92.8 Å². The summed E-state index contributed by atoms with van der Waals surface area (Å²) in [5, 5.41) is 18.9. The van der Waals surface area contributed by atoms with Crippen molar-refractivity contribution < 1.29 is 14.3 Å². The molecule has 0 aromatic heterocycles. The Morgan fingerprint density at radius 1 is 0.393 bits per heavy atom. The molecule has 0 radical (unpaired) electrons. The molecule has 0 fully saturated rings. The second kappa shape index (κ2) is 17.3. The largest absolute Gasteiger partial charge is 0.457 e. The zero-order chi connectivity index (χ0) is 44.3. The summed E-state index contributed by atoms with van der Waals surface area (Å²) in [4.78, 5) is 27.3. The van der Waals surface area contributed by atoms with Crippen LogP contribution >= 0.6 is 0 Å². The lowest BCUT2D eigenvalue weighted by Gasteiger charge is -2.31. The van der Waals surface area contributed by atoms with E-state index >= 15 is 0 Å². The minimum Gasteiger partial charge on any atom is -0.457 e. The summed E-state index contributed by atoms with van der Waals surface area (Å²) in [6.45, 7) is 24.8. The molecule has 61 heavy (non-hydrogen) atoms. The van der Waals surface area contributed by atoms with Crippen LogP contribution in [0.15, 0.2) is 187 Å². The first-order valence-corrected chi connectivity index (χ1v) is 20.9. The van der Waals surface area contributed by atoms with E-state index in [9.17, 15) is 9.59 Å². The van der Waals surface area contributed by atoms with Crippen molar-refractivity contribution in [1.82, 2.24) is 0 Å². The van der Waals surface area contributed by atoms with Gasteiger partial charge in [0.15, 0.2) is 11.6 Å². The van der Waals surface area contributed by atoms with Gasteiger partial charge in [-0.2, -0.15) is 10.2 Å². The monoisotopic (exact) mass is 810 g/mol. The zero-order valence-electron chi connectivity index (χ0n) is 37.7. The first-order chi connectivity index (χ1) is 28.6. The number of carbonyl (C=O) groups is 2. The highest BCUT2D eigenvalue weighted by Gasteiger charge is 2.36. The number of hydrogen-bond acceptors (Lipinski definition) is 7. The maximum absolute atomic E-state index is 13.7. The van der Waals surface area contributed by atoms with Gasteiger partial charge < -0.3 is 4.74 Å². The van der Waals surface area contributed by atoms with Crippen molar-refractivity contribution in [3.63, 3.8) is 0 Å². The van der Waals surface area contributed by atoms with Gasteiger partial charge in [0.05, 0.1) is 11.4 Å². The summed E-state index contributed by atoms with van der Waals surface area (Å²) in [6.07, 6.45) is 7.90. The Balaban J connectivity index is 1.25. The van der Waals surface area contributed by atoms with Crippen LogP contribution in [0, 0.1) is 21.7 Å². The molecule has 7 heteroatoms. The molecule has 6 rings (SSSR count). The third kappa shape index (κ3) is 10.7. The second-order valence-corrected chi connectivity index (χ2v) is 19.7. The number of allylic oxidation sites excluding steroid dienone is 10. The molecule has 0 aliphatic heterocycles. The normalized spacial score (nSPS) is 15.5. The van der Waals surface area contributed by atoms with E-state index in [-0.39, 0.29) is 33.2 Å². The van der Waals surface area contributed by atoms with Gasteiger partial charge in [-0.3, -0.25) is 9.59 Å². The first-order valence-electron chi connectivity index (χ1n) is 20.9. The molecule has 7 nitrogen and oxygen atoms in total. The van der Waals surface area contributed by atoms with Gasteiger partial charge in [-0.1, -0.05) is 144 Å². The van der Waals surface area contributed by atoms with Gasteiger partial charge >= 0.3 is 0 Å². The third-order valence-corrected chi connectivity index (χ3v) is 10.5. The van der Waals surface area contributed by atoms with E-state index < -0.39 is 0 Å². The predicted octanol–water partition coefficient (Wildman–Crippen LogP) is 15.5. The summed E-state index contributed by atoms with van der Waals surface area (Å²) in [5.74, 6) is 1.43. The van der Waals surface area contributed by atoms with E-state index in [0.29, 0.717) is 34.3 Å². The smallest absolute Gasteiger partial charge is 0.186 e. The maximum Gasteiger partial charge on any atom is 0.186 e. The van der Waals surface area contributed by atoms with Crippen LogP contribution in [-0.2, 0) is 9.59 Å². The fourth-order valence-electron chi connectivity index (χ4n) is 7.03. The van der Waals surface area contributed by atoms with E-state index in [4.69, 9.17) is 15.0 Å². The molecule has 0 saturated carbocycles. The zero-order valence-corrected chi connectivity index (χ0v) is 37.7. The Morgan fingerprint density at radius 3 is 0.934 bits per heavy atom. The number of rotatable bonds is 8. The lowest BCUT2D eigenvalue weighted by molar-refractivity contribution is -0.114. The highest BCUT2D eigenvalue weighted by molar-refractivity contribution is 6.13. The Labute approximate surface area is 362 Å². The summed E-state index contributed by atoms with van der Waals surface area (Å²) >= 11 is 0. The number of azo groups is 2. The molecule has 2 aliphatic rings. The molecule has 0 amide bonds. The Morgan fingerprint density at radius 2 is 0.672 bits per heavy atom. The molecule has 312 valence electrons. The average molecular weight is 811 g/mol. The standard InChI is InChI=1S/C54H58N4O3/c1-51(2,3)43-31-37(32-44(49(43)59)52(4,5)6)47(35-19-15-13-16-20-35)57-55-39-23-27-41(28-24-39)61-42-29-25-40(26-30-42)56-58-48(36-21-17-14-18-22-36)38-33-45(53(7,8)9)50(60)46(34-38)54(10,11)12/h13-34H,1-12H3. The van der Waals surface area contributed by atoms with E-state index in [2.05, 4.69) is 93.3 Å². The van der Waals surface area contributed by atoms with Crippen molar-refractivity contribution in [3.8, 4) is 11.5 Å². The van der Waals surface area contributed by atoms with E-state index in [1.165, 1.54) is 0 Å². The number of nitrogens with zero attached hydrogens (tertiary/aromatic N) is 4. The van der Waals surface area contributed by atoms with Gasteiger partial charge in [0.25, 0.3) is 0 Å². The molecule has 0 heterocycles. The minimum atomic E-state index is -0.350. The van der Waals surface area contributed by atoms with Crippen LogP contribution < -0.4 is 4.74 Å². The second-order valence-electron chi connectivity index (χ2n) is 19.7. The van der Waals surface area contributed by atoms with E-state index in [1.54, 1.807) is 0 Å². The average Bonchev–Trinajstić information content (AvgIpc) is 3.19. The highest BCUT2D eigenvalue weighted by atomic mass is 16.5. The summed E-state index contributed by atoms with van der Waals surface area (Å²) in [5.41, 5.74) is 7.81. The molecule has 0 atom stereocenters. The minimum absolute atomic E-state index is 0.0756. The Bertz CT molecular complexity index is 2300. The first kappa shape index (κ1) is 44.2. The molecule has 0 N–H and O–H groups in total. The van der Waals surface area contributed by atoms with Gasteiger partial charge in [-0.15, -0.1) is 10.2 Å².